The third-order valence-electron chi connectivity index (χ3n) is 6.56. The number of carbonyl (C=O) groups excluding carboxylic acids is 2. The van der Waals surface area contributed by atoms with Gasteiger partial charge in [0.05, 0.1) is 0 Å². The zero-order valence-corrected chi connectivity index (χ0v) is 19.8. The highest BCUT2D eigenvalue weighted by Gasteiger charge is 2.29. The quantitative estimate of drug-likeness (QED) is 0.667. The number of urea groups is 1. The molecule has 2 N–H and O–H groups in total. The monoisotopic (exact) mass is 473 g/mol. The highest BCUT2D eigenvalue weighted by Crippen LogP contribution is 2.20. The van der Waals surface area contributed by atoms with Gasteiger partial charge in [-0.1, -0.05) is 37.8 Å². The predicted octanol–water partition coefficient (Wildman–Crippen LogP) is 3.57. The Labute approximate surface area is 199 Å². The molecular weight excluding hydrogens is 442 g/mol. The van der Waals surface area contributed by atoms with Crippen LogP contribution in [0.3, 0.4) is 0 Å². The molecule has 0 radical (unpaired) electrons. The number of halogens is 1. The molecule has 2 aliphatic rings. The lowest BCUT2D eigenvalue weighted by Gasteiger charge is -2.34. The van der Waals surface area contributed by atoms with E-state index < -0.39 is 6.04 Å². The van der Waals surface area contributed by atoms with Gasteiger partial charge in [-0.05, 0) is 61.6 Å². The number of hydrogen-bond acceptors (Lipinski definition) is 5. The fraction of sp³-hybridized carbons (Fsp3) is 0.609. The average Bonchev–Trinajstić information content (AvgIpc) is 3.31. The normalized spacial score (nSPS) is 18.7. The molecule has 2 aromatic rings. The fourth-order valence-corrected chi connectivity index (χ4v) is 4.69. The summed E-state index contributed by atoms with van der Waals surface area (Å²) >= 11 is 5.94. The molecule has 1 aromatic heterocycles. The zero-order chi connectivity index (χ0) is 23.2. The molecular formula is C23H32ClN7O2. The number of nitrogens with zero attached hydrogens (tertiary/aromatic N) is 5. The molecule has 1 saturated heterocycles. The van der Waals surface area contributed by atoms with Crippen molar-refractivity contribution < 1.29 is 9.59 Å². The Bertz CT molecular complexity index is 935. The van der Waals surface area contributed by atoms with E-state index in [2.05, 4.69) is 26.0 Å². The van der Waals surface area contributed by atoms with Crippen LogP contribution in [-0.4, -0.2) is 62.2 Å². The molecule has 2 fully saturated rings. The number of rotatable bonds is 6. The van der Waals surface area contributed by atoms with Gasteiger partial charge in [0, 0.05) is 35.8 Å². The van der Waals surface area contributed by atoms with E-state index in [4.69, 9.17) is 11.6 Å². The van der Waals surface area contributed by atoms with E-state index in [-0.39, 0.29) is 18.0 Å². The third-order valence-corrected chi connectivity index (χ3v) is 6.81. The van der Waals surface area contributed by atoms with Crippen molar-refractivity contribution in [1.82, 2.24) is 35.7 Å². The summed E-state index contributed by atoms with van der Waals surface area (Å²) in [5.41, 5.74) is 0.791. The van der Waals surface area contributed by atoms with Gasteiger partial charge in [0.1, 0.15) is 0 Å². The Kier molecular flexibility index (Phi) is 7.80. The van der Waals surface area contributed by atoms with Crippen molar-refractivity contribution in [3.63, 3.8) is 0 Å². The molecule has 0 spiro atoms. The Hall–Kier alpha value is -2.68. The van der Waals surface area contributed by atoms with Crippen LogP contribution in [0.4, 0.5) is 4.79 Å². The van der Waals surface area contributed by atoms with Crippen LogP contribution in [0.2, 0.25) is 5.02 Å². The van der Waals surface area contributed by atoms with Crippen LogP contribution in [0.15, 0.2) is 24.3 Å². The van der Waals surface area contributed by atoms with Gasteiger partial charge in [-0.25, -0.2) is 4.79 Å². The van der Waals surface area contributed by atoms with Crippen molar-refractivity contribution >= 4 is 23.5 Å². The lowest BCUT2D eigenvalue weighted by atomic mass is 9.95. The summed E-state index contributed by atoms with van der Waals surface area (Å²) < 4.78 is 0. The second-order valence-electron chi connectivity index (χ2n) is 8.92. The molecule has 1 aliphatic heterocycles. The second kappa shape index (κ2) is 11.0. The van der Waals surface area contributed by atoms with E-state index in [9.17, 15) is 9.59 Å². The minimum absolute atomic E-state index is 0.0275. The maximum absolute atomic E-state index is 13.0. The minimum Gasteiger partial charge on any atom is -0.351 e. The number of nitrogens with one attached hydrogen (secondary N) is 2. The summed E-state index contributed by atoms with van der Waals surface area (Å²) in [5.74, 6) is 0.331. The van der Waals surface area contributed by atoms with Gasteiger partial charge < -0.3 is 15.5 Å². The number of carbonyl (C=O) groups is 2. The molecule has 1 aliphatic carbocycles. The molecule has 1 aromatic carbocycles. The Balaban J connectivity index is 1.28. The Morgan fingerprint density at radius 3 is 2.36 bits per heavy atom. The van der Waals surface area contributed by atoms with E-state index >= 15 is 0 Å². The number of benzene rings is 1. The molecule has 1 saturated carbocycles. The summed E-state index contributed by atoms with van der Waals surface area (Å²) in [5, 5.41) is 19.6. The Morgan fingerprint density at radius 2 is 1.70 bits per heavy atom. The SMILES string of the molecule is CCC(C(=O)NC1CCN(C(=O)NC2CCCCC2)CC1)n1nnc(-c2ccc(Cl)cc2)n1. The van der Waals surface area contributed by atoms with E-state index in [0.717, 1.165) is 31.2 Å². The summed E-state index contributed by atoms with van der Waals surface area (Å²) in [4.78, 5) is 28.8. The maximum Gasteiger partial charge on any atom is 0.317 e. The van der Waals surface area contributed by atoms with Crippen LogP contribution >= 0.6 is 11.6 Å². The first-order valence-electron chi connectivity index (χ1n) is 11.9. The lowest BCUT2D eigenvalue weighted by Crippen LogP contribution is -2.52. The molecule has 2 heterocycles. The summed E-state index contributed by atoms with van der Waals surface area (Å²) in [7, 11) is 0. The number of piperidine rings is 1. The minimum atomic E-state index is -0.536. The predicted molar refractivity (Wildman–Crippen MR) is 126 cm³/mol. The van der Waals surface area contributed by atoms with Crippen LogP contribution in [0.25, 0.3) is 11.4 Å². The molecule has 10 heteroatoms. The number of tetrazole rings is 1. The molecule has 3 amide bonds. The number of likely N-dealkylation sites (tertiary alicyclic amines) is 1. The van der Waals surface area contributed by atoms with Gasteiger partial charge in [-0.3, -0.25) is 4.79 Å². The van der Waals surface area contributed by atoms with Gasteiger partial charge in [-0.15, -0.1) is 10.2 Å². The van der Waals surface area contributed by atoms with Gasteiger partial charge in [-0.2, -0.15) is 4.80 Å². The lowest BCUT2D eigenvalue weighted by molar-refractivity contribution is -0.126. The largest absolute Gasteiger partial charge is 0.351 e. The standard InChI is InChI=1S/C23H32ClN7O2/c1-2-20(31-28-21(27-29-31)16-8-10-17(24)11-9-16)22(32)25-19-12-14-30(15-13-19)23(33)26-18-6-4-3-5-7-18/h8-11,18-20H,2-7,12-15H2,1H3,(H,25,32)(H,26,33). The molecule has 33 heavy (non-hydrogen) atoms. The molecule has 1 atom stereocenters. The van der Waals surface area contributed by atoms with Gasteiger partial charge >= 0.3 is 6.03 Å². The van der Waals surface area contributed by atoms with Crippen LogP contribution < -0.4 is 10.6 Å². The summed E-state index contributed by atoms with van der Waals surface area (Å²) in [6, 6.07) is 7.01. The zero-order valence-electron chi connectivity index (χ0n) is 19.0. The van der Waals surface area contributed by atoms with E-state index in [0.29, 0.717) is 36.4 Å². The smallest absolute Gasteiger partial charge is 0.317 e. The number of aromatic nitrogens is 4. The van der Waals surface area contributed by atoms with Crippen LogP contribution in [0, 0.1) is 0 Å². The molecule has 1 unspecified atom stereocenters. The number of hydrogen-bond donors (Lipinski definition) is 2. The van der Waals surface area contributed by atoms with Crippen molar-refractivity contribution in [2.24, 2.45) is 0 Å². The van der Waals surface area contributed by atoms with Crippen molar-refractivity contribution in [1.29, 1.82) is 0 Å². The average molecular weight is 474 g/mol. The van der Waals surface area contributed by atoms with Gasteiger partial charge in [0.15, 0.2) is 6.04 Å². The molecule has 178 valence electrons. The summed E-state index contributed by atoms with van der Waals surface area (Å²) in [6.45, 7) is 3.21. The van der Waals surface area contributed by atoms with Crippen molar-refractivity contribution in [3.05, 3.63) is 29.3 Å². The van der Waals surface area contributed by atoms with Crippen molar-refractivity contribution in [3.8, 4) is 11.4 Å². The van der Waals surface area contributed by atoms with Crippen molar-refractivity contribution in [2.45, 2.75) is 76.4 Å². The molecule has 0 bridgehead atoms. The van der Waals surface area contributed by atoms with E-state index in [1.807, 2.05) is 24.0 Å². The first-order chi connectivity index (χ1) is 16.0. The molecule has 9 nitrogen and oxygen atoms in total. The first-order valence-corrected chi connectivity index (χ1v) is 12.3. The van der Waals surface area contributed by atoms with Gasteiger partial charge in [0.25, 0.3) is 0 Å². The third kappa shape index (κ3) is 6.01. The van der Waals surface area contributed by atoms with E-state index in [1.54, 1.807) is 12.1 Å². The topological polar surface area (TPSA) is 105 Å². The first kappa shape index (κ1) is 23.5. The van der Waals surface area contributed by atoms with Crippen LogP contribution in [0.5, 0.6) is 0 Å². The second-order valence-corrected chi connectivity index (χ2v) is 9.36. The van der Waals surface area contributed by atoms with Crippen molar-refractivity contribution in [2.75, 3.05) is 13.1 Å². The highest BCUT2D eigenvalue weighted by molar-refractivity contribution is 6.30. The summed E-state index contributed by atoms with van der Waals surface area (Å²) in [6.07, 6.45) is 7.83. The fourth-order valence-electron chi connectivity index (χ4n) is 4.56. The highest BCUT2D eigenvalue weighted by atomic mass is 35.5. The number of amides is 3. The van der Waals surface area contributed by atoms with E-state index in [1.165, 1.54) is 24.1 Å². The Morgan fingerprint density at radius 1 is 1.03 bits per heavy atom. The maximum atomic E-state index is 13.0. The van der Waals surface area contributed by atoms with Crippen LogP contribution in [-0.2, 0) is 4.79 Å². The molecule has 4 rings (SSSR count). The van der Waals surface area contributed by atoms with Gasteiger partial charge in [0.2, 0.25) is 11.7 Å². The van der Waals surface area contributed by atoms with Crippen LogP contribution in [0.1, 0.15) is 64.3 Å².